The fraction of sp³-hybridized carbons (Fsp3) is 0.818. The van der Waals surface area contributed by atoms with Crippen molar-refractivity contribution in [2.45, 2.75) is 34.1 Å². The summed E-state index contributed by atoms with van der Waals surface area (Å²) in [6.07, 6.45) is 0.856. The third-order valence-corrected chi connectivity index (χ3v) is 1.99. The van der Waals surface area contributed by atoms with E-state index in [-0.39, 0.29) is 12.0 Å². The van der Waals surface area contributed by atoms with Gasteiger partial charge in [0, 0.05) is 13.6 Å². The highest BCUT2D eigenvalue weighted by atomic mass is 16.5. The zero-order valence-electron chi connectivity index (χ0n) is 10.3. The van der Waals surface area contributed by atoms with Crippen molar-refractivity contribution in [2.24, 2.45) is 5.41 Å². The summed E-state index contributed by atoms with van der Waals surface area (Å²) < 4.78 is 4.63. The van der Waals surface area contributed by atoms with Crippen molar-refractivity contribution in [2.75, 3.05) is 20.2 Å². The first-order chi connectivity index (χ1) is 6.78. The lowest BCUT2D eigenvalue weighted by Crippen LogP contribution is -2.36. The van der Waals surface area contributed by atoms with Crippen LogP contribution >= 0.6 is 0 Å². The van der Waals surface area contributed by atoms with Gasteiger partial charge in [-0.1, -0.05) is 20.8 Å². The van der Waals surface area contributed by atoms with Gasteiger partial charge < -0.3 is 9.64 Å². The minimum Gasteiger partial charge on any atom is -0.459 e. The molecule has 0 saturated heterocycles. The fourth-order valence-electron chi connectivity index (χ4n) is 0.953. The second kappa shape index (κ2) is 5.73. The molecule has 0 aromatic heterocycles. The van der Waals surface area contributed by atoms with Gasteiger partial charge in [-0.25, -0.2) is 4.79 Å². The summed E-state index contributed by atoms with van der Waals surface area (Å²) >= 11 is 0. The Morgan fingerprint density at radius 3 is 2.20 bits per heavy atom. The third-order valence-electron chi connectivity index (χ3n) is 1.99. The molecule has 0 N–H and O–H groups in total. The second-order valence-electron chi connectivity index (χ2n) is 4.76. The molecular formula is C11H21NO3. The normalized spacial score (nSPS) is 11.0. The molecule has 0 aliphatic carbocycles. The van der Waals surface area contributed by atoms with Gasteiger partial charge in [-0.05, 0) is 18.8 Å². The Labute approximate surface area is 91.6 Å². The number of carbonyl (C=O) groups is 2. The van der Waals surface area contributed by atoms with E-state index in [9.17, 15) is 9.59 Å². The van der Waals surface area contributed by atoms with Crippen LogP contribution in [0.4, 0.5) is 0 Å². The summed E-state index contributed by atoms with van der Waals surface area (Å²) in [6.45, 7) is 8.76. The Hall–Kier alpha value is -1.06. The summed E-state index contributed by atoms with van der Waals surface area (Å²) in [4.78, 5) is 23.9. The molecule has 0 radical (unpaired) electrons. The van der Waals surface area contributed by atoms with Crippen molar-refractivity contribution in [1.82, 2.24) is 4.90 Å². The van der Waals surface area contributed by atoms with E-state index >= 15 is 0 Å². The molecule has 0 rings (SSSR count). The number of esters is 1. The first-order valence-electron chi connectivity index (χ1n) is 5.20. The topological polar surface area (TPSA) is 46.6 Å². The minimum absolute atomic E-state index is 0.156. The van der Waals surface area contributed by atoms with Crippen LogP contribution in [0.25, 0.3) is 0 Å². The predicted molar refractivity (Wildman–Crippen MR) is 58.3 cm³/mol. The van der Waals surface area contributed by atoms with Gasteiger partial charge in [0.05, 0.1) is 6.61 Å². The number of ether oxygens (including phenoxy) is 1. The number of rotatable bonds is 3. The molecule has 4 nitrogen and oxygen atoms in total. The average molecular weight is 215 g/mol. The van der Waals surface area contributed by atoms with E-state index in [1.807, 2.05) is 0 Å². The summed E-state index contributed by atoms with van der Waals surface area (Å²) in [5.74, 6) is -1.34. The van der Waals surface area contributed by atoms with Gasteiger partial charge >= 0.3 is 11.9 Å². The zero-order valence-corrected chi connectivity index (χ0v) is 10.3. The average Bonchev–Trinajstić information content (AvgIpc) is 2.12. The summed E-state index contributed by atoms with van der Waals surface area (Å²) in [7, 11) is 1.62. The van der Waals surface area contributed by atoms with Crippen molar-refractivity contribution in [3.63, 3.8) is 0 Å². The summed E-state index contributed by atoms with van der Waals surface area (Å²) in [5.41, 5.74) is 0.156. The lowest BCUT2D eigenvalue weighted by molar-refractivity contribution is -0.159. The Balaban J connectivity index is 4.05. The van der Waals surface area contributed by atoms with E-state index in [1.165, 1.54) is 4.90 Å². The number of hydrogen-bond donors (Lipinski definition) is 0. The Morgan fingerprint density at radius 1 is 1.27 bits per heavy atom. The highest BCUT2D eigenvalue weighted by Gasteiger charge is 2.21. The molecule has 0 aliphatic heterocycles. The van der Waals surface area contributed by atoms with Crippen LogP contribution in [-0.4, -0.2) is 37.0 Å². The number of amides is 1. The molecule has 0 aliphatic rings. The molecule has 0 bridgehead atoms. The number of nitrogens with zero attached hydrogens (tertiary/aromatic N) is 1. The third kappa shape index (κ3) is 6.10. The maximum absolute atomic E-state index is 11.4. The van der Waals surface area contributed by atoms with Gasteiger partial charge in [-0.15, -0.1) is 0 Å². The van der Waals surface area contributed by atoms with Crippen molar-refractivity contribution in [3.05, 3.63) is 0 Å². The molecule has 0 saturated carbocycles. The smallest absolute Gasteiger partial charge is 0.396 e. The van der Waals surface area contributed by atoms with Crippen molar-refractivity contribution in [3.8, 4) is 0 Å². The van der Waals surface area contributed by atoms with Crippen LogP contribution < -0.4 is 0 Å². The van der Waals surface area contributed by atoms with E-state index < -0.39 is 11.9 Å². The fourth-order valence-corrected chi connectivity index (χ4v) is 0.953. The molecular weight excluding hydrogens is 194 g/mol. The lowest BCUT2D eigenvalue weighted by atomic mass is 9.92. The Bertz CT molecular complexity index is 230. The molecule has 0 unspecified atom stereocenters. The molecule has 0 aromatic carbocycles. The number of likely N-dealkylation sites (N-methyl/N-ethyl adjacent to an activating group) is 1. The summed E-state index contributed by atoms with van der Waals surface area (Å²) in [5, 5.41) is 0. The zero-order chi connectivity index (χ0) is 12.1. The largest absolute Gasteiger partial charge is 0.459 e. The summed E-state index contributed by atoms with van der Waals surface area (Å²) in [6, 6.07) is 0. The van der Waals surface area contributed by atoms with Crippen LogP contribution in [0.1, 0.15) is 34.1 Å². The van der Waals surface area contributed by atoms with Crippen molar-refractivity contribution >= 4 is 11.9 Å². The first kappa shape index (κ1) is 13.9. The van der Waals surface area contributed by atoms with Crippen molar-refractivity contribution < 1.29 is 14.3 Å². The standard InChI is InChI=1S/C11H21NO3/c1-6-15-10(14)9(13)12(5)8-7-11(2,3)4/h6-8H2,1-5H3. The van der Waals surface area contributed by atoms with Crippen LogP contribution in [0.15, 0.2) is 0 Å². The van der Waals surface area contributed by atoms with Gasteiger partial charge in [-0.2, -0.15) is 0 Å². The van der Waals surface area contributed by atoms with E-state index in [0.29, 0.717) is 6.54 Å². The van der Waals surface area contributed by atoms with Crippen molar-refractivity contribution in [1.29, 1.82) is 0 Å². The Morgan fingerprint density at radius 2 is 1.80 bits per heavy atom. The highest BCUT2D eigenvalue weighted by Crippen LogP contribution is 2.18. The second-order valence-corrected chi connectivity index (χ2v) is 4.76. The first-order valence-corrected chi connectivity index (χ1v) is 5.20. The molecule has 0 aromatic rings. The SMILES string of the molecule is CCOC(=O)C(=O)N(C)CCC(C)(C)C. The minimum atomic E-state index is -0.770. The Kier molecular flexibility index (Phi) is 5.33. The number of carbonyl (C=O) groups excluding carboxylic acids is 2. The van der Waals surface area contributed by atoms with E-state index in [4.69, 9.17) is 0 Å². The molecule has 88 valence electrons. The monoisotopic (exact) mass is 215 g/mol. The molecule has 0 spiro atoms. The van der Waals surface area contributed by atoms with Gasteiger partial charge in [-0.3, -0.25) is 4.79 Å². The van der Waals surface area contributed by atoms with E-state index in [2.05, 4.69) is 25.5 Å². The van der Waals surface area contributed by atoms with E-state index in [1.54, 1.807) is 14.0 Å². The lowest BCUT2D eigenvalue weighted by Gasteiger charge is -2.22. The quantitative estimate of drug-likeness (QED) is 0.528. The highest BCUT2D eigenvalue weighted by molar-refractivity contribution is 6.32. The van der Waals surface area contributed by atoms with Gasteiger partial charge in [0.15, 0.2) is 0 Å². The van der Waals surface area contributed by atoms with E-state index in [0.717, 1.165) is 6.42 Å². The van der Waals surface area contributed by atoms with Gasteiger partial charge in [0.25, 0.3) is 0 Å². The van der Waals surface area contributed by atoms with Crippen LogP contribution in [0.2, 0.25) is 0 Å². The molecule has 4 heteroatoms. The maximum atomic E-state index is 11.4. The molecule has 0 fully saturated rings. The molecule has 1 amide bonds. The molecule has 0 atom stereocenters. The molecule has 15 heavy (non-hydrogen) atoms. The van der Waals surface area contributed by atoms with Crippen LogP contribution in [-0.2, 0) is 14.3 Å². The number of hydrogen-bond acceptors (Lipinski definition) is 3. The van der Waals surface area contributed by atoms with Crippen LogP contribution in [0, 0.1) is 5.41 Å². The van der Waals surface area contributed by atoms with Crippen LogP contribution in [0.5, 0.6) is 0 Å². The van der Waals surface area contributed by atoms with Crippen LogP contribution in [0.3, 0.4) is 0 Å². The molecule has 0 heterocycles. The predicted octanol–water partition coefficient (Wildman–Crippen LogP) is 1.44. The van der Waals surface area contributed by atoms with Gasteiger partial charge in [0.1, 0.15) is 0 Å². The van der Waals surface area contributed by atoms with Gasteiger partial charge in [0.2, 0.25) is 0 Å². The maximum Gasteiger partial charge on any atom is 0.396 e.